The van der Waals surface area contributed by atoms with Gasteiger partial charge in [0.2, 0.25) is 0 Å². The highest BCUT2D eigenvalue weighted by Crippen LogP contribution is 2.21. The van der Waals surface area contributed by atoms with Crippen LogP contribution in [0.1, 0.15) is 37.6 Å². The lowest BCUT2D eigenvalue weighted by Crippen LogP contribution is -2.46. The zero-order chi connectivity index (χ0) is 14.6. The molecule has 1 aromatic heterocycles. The molecule has 0 aliphatic heterocycles. The highest BCUT2D eigenvalue weighted by molar-refractivity contribution is 6.33. The van der Waals surface area contributed by atoms with Crippen LogP contribution in [0.25, 0.3) is 0 Å². The molecule has 0 saturated heterocycles. The summed E-state index contributed by atoms with van der Waals surface area (Å²) in [5.74, 6) is -1.23. The standard InChI is InChI=1S/C13H17ClN2O3/c1-13(2,3)16(7-5-11(17)18)12(19)9-4-6-15-8-10(9)14/h4,6,8H,5,7H2,1-3H3,(H,17,18). The smallest absolute Gasteiger partial charge is 0.305 e. The van der Waals surface area contributed by atoms with Crippen molar-refractivity contribution in [2.45, 2.75) is 32.7 Å². The lowest BCUT2D eigenvalue weighted by Gasteiger charge is -2.35. The second-order valence-corrected chi connectivity index (χ2v) is 5.53. The predicted octanol–water partition coefficient (Wildman–Crippen LogP) is 2.45. The van der Waals surface area contributed by atoms with Crippen LogP contribution in [0.15, 0.2) is 18.5 Å². The van der Waals surface area contributed by atoms with Crippen molar-refractivity contribution in [1.29, 1.82) is 0 Å². The number of carbonyl (C=O) groups excluding carboxylic acids is 1. The molecule has 0 aliphatic carbocycles. The molecule has 6 heteroatoms. The molecule has 0 spiro atoms. The summed E-state index contributed by atoms with van der Waals surface area (Å²) in [5, 5.41) is 9.02. The van der Waals surface area contributed by atoms with Crippen molar-refractivity contribution < 1.29 is 14.7 Å². The second-order valence-electron chi connectivity index (χ2n) is 5.13. The van der Waals surface area contributed by atoms with Crippen LogP contribution in [0.3, 0.4) is 0 Å². The molecule has 0 bridgehead atoms. The molecule has 0 aliphatic rings. The van der Waals surface area contributed by atoms with Gasteiger partial charge in [0, 0.05) is 24.5 Å². The molecule has 104 valence electrons. The maximum atomic E-state index is 12.4. The minimum Gasteiger partial charge on any atom is -0.481 e. The van der Waals surface area contributed by atoms with E-state index in [-0.39, 0.29) is 23.9 Å². The number of carboxylic acid groups (broad SMARTS) is 1. The molecule has 1 amide bonds. The average Bonchev–Trinajstić information content (AvgIpc) is 2.27. The van der Waals surface area contributed by atoms with E-state index >= 15 is 0 Å². The topological polar surface area (TPSA) is 70.5 Å². The zero-order valence-electron chi connectivity index (χ0n) is 11.2. The number of aliphatic carboxylic acids is 1. The number of hydrogen-bond donors (Lipinski definition) is 1. The van der Waals surface area contributed by atoms with E-state index in [1.54, 1.807) is 0 Å². The number of carbonyl (C=O) groups is 2. The van der Waals surface area contributed by atoms with Gasteiger partial charge in [0.15, 0.2) is 0 Å². The Morgan fingerprint density at radius 2 is 2.05 bits per heavy atom. The minimum absolute atomic E-state index is 0.105. The summed E-state index contributed by atoms with van der Waals surface area (Å²) in [6, 6.07) is 1.53. The molecule has 5 nitrogen and oxygen atoms in total. The largest absolute Gasteiger partial charge is 0.481 e. The van der Waals surface area contributed by atoms with Gasteiger partial charge >= 0.3 is 5.97 Å². The van der Waals surface area contributed by atoms with E-state index in [9.17, 15) is 9.59 Å². The Labute approximate surface area is 117 Å². The minimum atomic E-state index is -0.942. The third-order valence-electron chi connectivity index (χ3n) is 2.61. The second kappa shape index (κ2) is 6.02. The van der Waals surface area contributed by atoms with Crippen molar-refractivity contribution in [3.05, 3.63) is 29.0 Å². The van der Waals surface area contributed by atoms with Crippen LogP contribution in [0.4, 0.5) is 0 Å². The van der Waals surface area contributed by atoms with Gasteiger partial charge in [-0.2, -0.15) is 0 Å². The summed E-state index contributed by atoms with van der Waals surface area (Å²) < 4.78 is 0. The zero-order valence-corrected chi connectivity index (χ0v) is 11.9. The van der Waals surface area contributed by atoms with Crippen LogP contribution in [-0.4, -0.2) is 39.0 Å². The van der Waals surface area contributed by atoms with Gasteiger partial charge in [-0.3, -0.25) is 14.6 Å². The van der Waals surface area contributed by atoms with Gasteiger partial charge in [-0.25, -0.2) is 0 Å². The van der Waals surface area contributed by atoms with Crippen LogP contribution in [0, 0.1) is 0 Å². The Bertz CT molecular complexity index is 483. The first kappa shape index (κ1) is 15.4. The molecule has 0 aromatic carbocycles. The van der Waals surface area contributed by atoms with Crippen LogP contribution in [-0.2, 0) is 4.79 Å². The van der Waals surface area contributed by atoms with Crippen LogP contribution >= 0.6 is 11.6 Å². The van der Waals surface area contributed by atoms with Gasteiger partial charge in [-0.1, -0.05) is 11.6 Å². The van der Waals surface area contributed by atoms with Crippen LogP contribution < -0.4 is 0 Å². The van der Waals surface area contributed by atoms with Gasteiger partial charge < -0.3 is 10.0 Å². The van der Waals surface area contributed by atoms with E-state index < -0.39 is 11.5 Å². The number of pyridine rings is 1. The first-order valence-corrected chi connectivity index (χ1v) is 6.24. The van der Waals surface area contributed by atoms with E-state index in [0.717, 1.165) is 0 Å². The summed E-state index contributed by atoms with van der Waals surface area (Å²) in [5.41, 5.74) is -0.156. The Balaban J connectivity index is 3.02. The SMILES string of the molecule is CC(C)(C)N(CCC(=O)O)C(=O)c1ccncc1Cl. The fourth-order valence-electron chi connectivity index (χ4n) is 1.64. The Kier molecular flexibility index (Phi) is 4.89. The molecular formula is C13H17ClN2O3. The van der Waals surface area contributed by atoms with Crippen molar-refractivity contribution in [2.75, 3.05) is 6.54 Å². The normalized spacial score (nSPS) is 11.2. The number of amides is 1. The molecular weight excluding hydrogens is 268 g/mol. The first-order valence-electron chi connectivity index (χ1n) is 5.86. The van der Waals surface area contributed by atoms with Crippen LogP contribution in [0.5, 0.6) is 0 Å². The van der Waals surface area contributed by atoms with Gasteiger partial charge in [-0.15, -0.1) is 0 Å². The highest BCUT2D eigenvalue weighted by Gasteiger charge is 2.28. The molecule has 0 unspecified atom stereocenters. The predicted molar refractivity (Wildman–Crippen MR) is 72.3 cm³/mol. The lowest BCUT2D eigenvalue weighted by atomic mass is 10.0. The molecule has 0 saturated carbocycles. The van der Waals surface area contributed by atoms with Gasteiger partial charge in [0.05, 0.1) is 17.0 Å². The maximum absolute atomic E-state index is 12.4. The monoisotopic (exact) mass is 284 g/mol. The summed E-state index contributed by atoms with van der Waals surface area (Å²) in [7, 11) is 0. The fraction of sp³-hybridized carbons (Fsp3) is 0.462. The van der Waals surface area contributed by atoms with Gasteiger partial charge in [0.25, 0.3) is 5.91 Å². The Morgan fingerprint density at radius 3 is 2.53 bits per heavy atom. The van der Waals surface area contributed by atoms with E-state index in [4.69, 9.17) is 16.7 Å². The van der Waals surface area contributed by atoms with Gasteiger partial charge in [-0.05, 0) is 26.8 Å². The van der Waals surface area contributed by atoms with E-state index in [0.29, 0.717) is 5.56 Å². The third kappa shape index (κ3) is 4.21. The highest BCUT2D eigenvalue weighted by atomic mass is 35.5. The van der Waals surface area contributed by atoms with E-state index in [2.05, 4.69) is 4.98 Å². The van der Waals surface area contributed by atoms with E-state index in [1.165, 1.54) is 23.4 Å². The van der Waals surface area contributed by atoms with Crippen molar-refractivity contribution in [3.8, 4) is 0 Å². The van der Waals surface area contributed by atoms with Crippen molar-refractivity contribution >= 4 is 23.5 Å². The number of carboxylic acids is 1. The van der Waals surface area contributed by atoms with Crippen molar-refractivity contribution in [2.24, 2.45) is 0 Å². The maximum Gasteiger partial charge on any atom is 0.305 e. The molecule has 1 rings (SSSR count). The number of aromatic nitrogens is 1. The molecule has 0 fully saturated rings. The lowest BCUT2D eigenvalue weighted by molar-refractivity contribution is -0.137. The fourth-order valence-corrected chi connectivity index (χ4v) is 1.84. The molecule has 0 radical (unpaired) electrons. The van der Waals surface area contributed by atoms with E-state index in [1.807, 2.05) is 20.8 Å². The average molecular weight is 285 g/mol. The summed E-state index contributed by atoms with van der Waals surface area (Å²) in [6.45, 7) is 5.68. The van der Waals surface area contributed by atoms with Crippen molar-refractivity contribution in [3.63, 3.8) is 0 Å². The first-order chi connectivity index (χ1) is 8.73. The van der Waals surface area contributed by atoms with Crippen LogP contribution in [0.2, 0.25) is 5.02 Å². The number of hydrogen-bond acceptors (Lipinski definition) is 3. The van der Waals surface area contributed by atoms with Crippen molar-refractivity contribution in [1.82, 2.24) is 9.88 Å². The summed E-state index contributed by atoms with van der Waals surface area (Å²) in [6.07, 6.45) is 2.77. The number of halogens is 1. The molecule has 1 aromatic rings. The Hall–Kier alpha value is -1.62. The number of nitrogens with zero attached hydrogens (tertiary/aromatic N) is 2. The number of rotatable bonds is 4. The molecule has 1 N–H and O–H groups in total. The molecule has 1 heterocycles. The summed E-state index contributed by atoms with van der Waals surface area (Å²) >= 11 is 5.95. The third-order valence-corrected chi connectivity index (χ3v) is 2.91. The summed E-state index contributed by atoms with van der Waals surface area (Å²) in [4.78, 5) is 28.5. The Morgan fingerprint density at radius 1 is 1.42 bits per heavy atom. The molecule has 0 atom stereocenters. The quantitative estimate of drug-likeness (QED) is 0.922. The molecule has 19 heavy (non-hydrogen) atoms. The van der Waals surface area contributed by atoms with Gasteiger partial charge in [0.1, 0.15) is 0 Å².